The molecular weight excluding hydrogens is 278 g/mol. The summed E-state index contributed by atoms with van der Waals surface area (Å²) >= 11 is 0. The molecule has 2 atom stereocenters. The Morgan fingerprint density at radius 3 is 2.68 bits per heavy atom. The van der Waals surface area contributed by atoms with E-state index in [1.54, 1.807) is 7.11 Å². The highest BCUT2D eigenvalue weighted by Gasteiger charge is 2.39. The number of ether oxygens (including phenoxy) is 1. The molecule has 4 nitrogen and oxygen atoms in total. The van der Waals surface area contributed by atoms with Crippen molar-refractivity contribution in [3.05, 3.63) is 35.9 Å². The molecule has 1 amide bonds. The molecular formula is C18H25NO3. The van der Waals surface area contributed by atoms with Crippen LogP contribution in [-0.4, -0.2) is 48.3 Å². The number of aliphatic hydroxyl groups excluding tert-OH is 1. The molecule has 0 unspecified atom stereocenters. The van der Waals surface area contributed by atoms with Gasteiger partial charge >= 0.3 is 0 Å². The Hall–Kier alpha value is -1.39. The van der Waals surface area contributed by atoms with Crippen molar-refractivity contribution in [3.8, 4) is 0 Å². The van der Waals surface area contributed by atoms with Crippen molar-refractivity contribution in [1.82, 2.24) is 4.90 Å². The molecule has 3 rings (SSSR count). The van der Waals surface area contributed by atoms with E-state index in [4.69, 9.17) is 4.74 Å². The minimum atomic E-state index is -0.273. The molecule has 2 fully saturated rings. The Morgan fingerprint density at radius 2 is 2.05 bits per heavy atom. The Bertz CT molecular complexity index is 498. The van der Waals surface area contributed by atoms with E-state index in [0.717, 1.165) is 25.9 Å². The van der Waals surface area contributed by atoms with Crippen LogP contribution in [-0.2, 0) is 16.0 Å². The molecule has 0 spiro atoms. The van der Waals surface area contributed by atoms with Crippen molar-refractivity contribution in [1.29, 1.82) is 0 Å². The number of hydrogen-bond donors (Lipinski definition) is 1. The highest BCUT2D eigenvalue weighted by Crippen LogP contribution is 2.31. The van der Waals surface area contributed by atoms with Crippen LogP contribution in [0.25, 0.3) is 0 Å². The van der Waals surface area contributed by atoms with Crippen molar-refractivity contribution in [2.24, 2.45) is 11.8 Å². The molecule has 4 heteroatoms. The quantitative estimate of drug-likeness (QED) is 0.924. The standard InChI is InChI=1S/C18H25NO3/c1-22-17-7-8-19(18(21)14-10-16(20)11-14)12-15(17)9-13-5-3-2-4-6-13/h2-6,14-17,20H,7-12H2,1H3/t14?,15-,16?,17-/m1/s1. The average molecular weight is 303 g/mol. The van der Waals surface area contributed by atoms with Crippen LogP contribution in [0.4, 0.5) is 0 Å². The van der Waals surface area contributed by atoms with Crippen LogP contribution in [0.1, 0.15) is 24.8 Å². The summed E-state index contributed by atoms with van der Waals surface area (Å²) in [6.07, 6.45) is 3.05. The molecule has 120 valence electrons. The molecule has 1 saturated heterocycles. The Labute approximate surface area is 132 Å². The topological polar surface area (TPSA) is 49.8 Å². The minimum Gasteiger partial charge on any atom is -0.393 e. The van der Waals surface area contributed by atoms with Crippen LogP contribution in [0.2, 0.25) is 0 Å². The van der Waals surface area contributed by atoms with E-state index in [-0.39, 0.29) is 24.0 Å². The summed E-state index contributed by atoms with van der Waals surface area (Å²) in [5.41, 5.74) is 1.29. The third-order valence-electron chi connectivity index (χ3n) is 5.08. The van der Waals surface area contributed by atoms with E-state index in [0.29, 0.717) is 18.8 Å². The van der Waals surface area contributed by atoms with E-state index in [2.05, 4.69) is 24.3 Å². The molecule has 0 aromatic heterocycles. The second-order valence-corrected chi connectivity index (χ2v) is 6.62. The van der Waals surface area contributed by atoms with Gasteiger partial charge in [0.15, 0.2) is 0 Å². The Kier molecular flexibility index (Phi) is 4.79. The number of nitrogens with zero attached hydrogens (tertiary/aromatic N) is 1. The SMILES string of the molecule is CO[C@@H]1CCN(C(=O)C2CC(O)C2)C[C@H]1Cc1ccccc1. The van der Waals surface area contributed by atoms with E-state index in [1.807, 2.05) is 11.0 Å². The van der Waals surface area contributed by atoms with Crippen LogP contribution in [0.15, 0.2) is 30.3 Å². The van der Waals surface area contributed by atoms with Gasteiger partial charge in [-0.25, -0.2) is 0 Å². The van der Waals surface area contributed by atoms with Crippen LogP contribution in [0, 0.1) is 11.8 Å². The van der Waals surface area contributed by atoms with Crippen molar-refractivity contribution >= 4 is 5.91 Å². The molecule has 0 bridgehead atoms. The highest BCUT2D eigenvalue weighted by molar-refractivity contribution is 5.80. The van der Waals surface area contributed by atoms with Crippen LogP contribution in [0.5, 0.6) is 0 Å². The van der Waals surface area contributed by atoms with E-state index in [1.165, 1.54) is 5.56 Å². The number of amides is 1. The first-order valence-corrected chi connectivity index (χ1v) is 8.21. The lowest BCUT2D eigenvalue weighted by molar-refractivity contribution is -0.146. The molecule has 1 aromatic rings. The Morgan fingerprint density at radius 1 is 1.32 bits per heavy atom. The summed E-state index contributed by atoms with van der Waals surface area (Å²) in [7, 11) is 1.77. The van der Waals surface area contributed by atoms with Gasteiger partial charge in [0.05, 0.1) is 12.2 Å². The lowest BCUT2D eigenvalue weighted by atomic mass is 9.80. The number of likely N-dealkylation sites (tertiary alicyclic amines) is 1. The molecule has 1 aliphatic heterocycles. The molecule has 1 aromatic carbocycles. The minimum absolute atomic E-state index is 0.0338. The molecule has 1 N–H and O–H groups in total. The van der Waals surface area contributed by atoms with Gasteiger partial charge < -0.3 is 14.7 Å². The monoisotopic (exact) mass is 303 g/mol. The van der Waals surface area contributed by atoms with Gasteiger partial charge in [-0.1, -0.05) is 30.3 Å². The van der Waals surface area contributed by atoms with Crippen molar-refractivity contribution in [2.45, 2.75) is 37.9 Å². The molecule has 0 radical (unpaired) electrons. The largest absolute Gasteiger partial charge is 0.393 e. The number of hydrogen-bond acceptors (Lipinski definition) is 3. The number of piperidine rings is 1. The normalized spacial score (nSPS) is 31.6. The molecule has 1 heterocycles. The third-order valence-corrected chi connectivity index (χ3v) is 5.08. The van der Waals surface area contributed by atoms with E-state index in [9.17, 15) is 9.90 Å². The van der Waals surface area contributed by atoms with Gasteiger partial charge in [-0.3, -0.25) is 4.79 Å². The summed E-state index contributed by atoms with van der Waals surface area (Å²) in [5, 5.41) is 9.40. The van der Waals surface area contributed by atoms with Gasteiger partial charge in [-0.2, -0.15) is 0 Å². The maximum absolute atomic E-state index is 12.5. The predicted octanol–water partition coefficient (Wildman–Crippen LogP) is 1.86. The second kappa shape index (κ2) is 6.80. The highest BCUT2D eigenvalue weighted by atomic mass is 16.5. The predicted molar refractivity (Wildman–Crippen MR) is 84.4 cm³/mol. The summed E-state index contributed by atoms with van der Waals surface area (Å²) in [4.78, 5) is 14.5. The van der Waals surface area contributed by atoms with E-state index >= 15 is 0 Å². The smallest absolute Gasteiger partial charge is 0.225 e. The first kappa shape index (κ1) is 15.5. The van der Waals surface area contributed by atoms with Gasteiger partial charge in [-0.15, -0.1) is 0 Å². The van der Waals surface area contributed by atoms with Crippen LogP contribution >= 0.6 is 0 Å². The summed E-state index contributed by atoms with van der Waals surface area (Å²) < 4.78 is 5.64. The number of methoxy groups -OCH3 is 1. The fraction of sp³-hybridized carbons (Fsp3) is 0.611. The fourth-order valence-electron chi connectivity index (χ4n) is 3.68. The van der Waals surface area contributed by atoms with Crippen molar-refractivity contribution in [2.75, 3.05) is 20.2 Å². The first-order valence-electron chi connectivity index (χ1n) is 8.21. The summed E-state index contributed by atoms with van der Waals surface area (Å²) in [6.45, 7) is 1.54. The maximum Gasteiger partial charge on any atom is 0.225 e. The lowest BCUT2D eigenvalue weighted by Crippen LogP contribution is -2.51. The molecule has 1 saturated carbocycles. The maximum atomic E-state index is 12.5. The third kappa shape index (κ3) is 3.33. The fourth-order valence-corrected chi connectivity index (χ4v) is 3.68. The van der Waals surface area contributed by atoms with Crippen molar-refractivity contribution < 1.29 is 14.6 Å². The van der Waals surface area contributed by atoms with E-state index < -0.39 is 0 Å². The van der Waals surface area contributed by atoms with Gasteiger partial charge in [-0.05, 0) is 31.2 Å². The zero-order valence-electron chi connectivity index (χ0n) is 13.1. The molecule has 1 aliphatic carbocycles. The van der Waals surface area contributed by atoms with Gasteiger partial charge in [0, 0.05) is 32.0 Å². The average Bonchev–Trinajstić information content (AvgIpc) is 2.52. The zero-order valence-corrected chi connectivity index (χ0v) is 13.1. The van der Waals surface area contributed by atoms with Crippen LogP contribution in [0.3, 0.4) is 0 Å². The number of carbonyl (C=O) groups is 1. The molecule has 22 heavy (non-hydrogen) atoms. The van der Waals surface area contributed by atoms with Gasteiger partial charge in [0.1, 0.15) is 0 Å². The molecule has 2 aliphatic rings. The number of carbonyl (C=O) groups excluding carboxylic acids is 1. The Balaban J connectivity index is 1.63. The first-order chi connectivity index (χ1) is 10.7. The number of benzene rings is 1. The van der Waals surface area contributed by atoms with Gasteiger partial charge in [0.25, 0.3) is 0 Å². The van der Waals surface area contributed by atoms with Crippen molar-refractivity contribution in [3.63, 3.8) is 0 Å². The summed E-state index contributed by atoms with van der Waals surface area (Å²) in [6, 6.07) is 10.4. The van der Waals surface area contributed by atoms with Crippen LogP contribution < -0.4 is 0 Å². The zero-order chi connectivity index (χ0) is 15.5. The number of rotatable bonds is 4. The number of aliphatic hydroxyl groups is 1. The van der Waals surface area contributed by atoms with Gasteiger partial charge in [0.2, 0.25) is 5.91 Å². The lowest BCUT2D eigenvalue weighted by Gasteiger charge is -2.41. The summed E-state index contributed by atoms with van der Waals surface area (Å²) in [5.74, 6) is 0.597. The second-order valence-electron chi connectivity index (χ2n) is 6.62.